The zero-order chi connectivity index (χ0) is 24.6. The van der Waals surface area contributed by atoms with Crippen molar-refractivity contribution in [3.8, 4) is 0 Å². The number of benzene rings is 1. The molecule has 3 aromatic heterocycles. The average molecular weight is 551 g/mol. The maximum atomic E-state index is 14.3. The summed E-state index contributed by atoms with van der Waals surface area (Å²) in [4.78, 5) is 23.9. The Hall–Kier alpha value is -2.44. The van der Waals surface area contributed by atoms with E-state index >= 15 is 0 Å². The van der Waals surface area contributed by atoms with Crippen molar-refractivity contribution < 1.29 is 17.6 Å². The second-order valence-electron chi connectivity index (χ2n) is 8.13. The highest BCUT2D eigenvalue weighted by atomic mass is 35.5. The van der Waals surface area contributed by atoms with Crippen molar-refractivity contribution in [2.45, 2.75) is 23.6 Å². The lowest BCUT2D eigenvalue weighted by Crippen LogP contribution is -2.46. The summed E-state index contributed by atoms with van der Waals surface area (Å²) in [6, 6.07) is 11.4. The largest absolute Gasteiger partial charge is 0.283 e. The van der Waals surface area contributed by atoms with Gasteiger partial charge < -0.3 is 0 Å². The molecule has 1 saturated heterocycles. The van der Waals surface area contributed by atoms with Gasteiger partial charge in [-0.05, 0) is 48.7 Å². The summed E-state index contributed by atoms with van der Waals surface area (Å²) in [6.45, 7) is 0.577. The number of nitrogens with zero attached hydrogens (tertiary/aromatic N) is 4. The standard InChI is InChI=1S/C23H20ClFN4O3S3/c24-19-8-9-20(34-19)35(31,32)28-11-3-5-16(14-28)22(30)29(13-15-4-2-10-26-12-15)23-27-21-17(25)6-1-7-18(21)33-23/h1-2,4,6-10,12,16H,3,5,11,13-14H2. The Balaban J connectivity index is 1.46. The second-order valence-corrected chi connectivity index (χ2v) is 13.0. The van der Waals surface area contributed by atoms with Crippen molar-refractivity contribution >= 4 is 65.6 Å². The monoisotopic (exact) mass is 550 g/mol. The van der Waals surface area contributed by atoms with Crippen LogP contribution < -0.4 is 4.90 Å². The van der Waals surface area contributed by atoms with Crippen LogP contribution in [0.5, 0.6) is 0 Å². The third kappa shape index (κ3) is 4.96. The molecule has 4 heterocycles. The topological polar surface area (TPSA) is 83.5 Å². The van der Waals surface area contributed by atoms with Gasteiger partial charge >= 0.3 is 0 Å². The van der Waals surface area contributed by atoms with Crippen molar-refractivity contribution in [1.82, 2.24) is 14.3 Å². The first-order valence-corrected chi connectivity index (χ1v) is 14.3. The molecule has 0 aliphatic carbocycles. The molecule has 1 aliphatic heterocycles. The Morgan fingerprint density at radius 2 is 2.06 bits per heavy atom. The van der Waals surface area contributed by atoms with Gasteiger partial charge in [-0.15, -0.1) is 11.3 Å². The fourth-order valence-electron chi connectivity index (χ4n) is 4.08. The number of aromatic nitrogens is 2. The highest BCUT2D eigenvalue weighted by Gasteiger charge is 2.37. The Bertz CT molecular complexity index is 1480. The van der Waals surface area contributed by atoms with Crippen LogP contribution in [0, 0.1) is 11.7 Å². The molecule has 35 heavy (non-hydrogen) atoms. The normalized spacial score (nSPS) is 17.0. The third-order valence-corrected chi connectivity index (χ3v) is 10.4. The molecular formula is C23H20ClFN4O3S3. The molecule has 7 nitrogen and oxygen atoms in total. The van der Waals surface area contributed by atoms with Gasteiger partial charge in [0.1, 0.15) is 15.5 Å². The third-order valence-electron chi connectivity index (χ3n) is 5.79. The van der Waals surface area contributed by atoms with Crippen LogP contribution in [-0.2, 0) is 21.4 Å². The maximum absolute atomic E-state index is 14.3. The lowest BCUT2D eigenvalue weighted by Gasteiger charge is -2.33. The van der Waals surface area contributed by atoms with Crippen LogP contribution in [0.15, 0.2) is 59.1 Å². The highest BCUT2D eigenvalue weighted by Crippen LogP contribution is 2.34. The van der Waals surface area contributed by atoms with Crippen LogP contribution in [-0.4, -0.2) is 41.7 Å². The highest BCUT2D eigenvalue weighted by molar-refractivity contribution is 7.91. The zero-order valence-electron chi connectivity index (χ0n) is 18.3. The number of thiophene rings is 1. The molecule has 1 atom stereocenters. The number of carbonyl (C=O) groups excluding carboxylic acids is 1. The molecule has 12 heteroatoms. The van der Waals surface area contributed by atoms with Gasteiger partial charge in [0.05, 0.1) is 21.5 Å². The summed E-state index contributed by atoms with van der Waals surface area (Å²) in [7, 11) is -3.76. The van der Waals surface area contributed by atoms with Crippen LogP contribution >= 0.6 is 34.3 Å². The second kappa shape index (κ2) is 9.90. The van der Waals surface area contributed by atoms with E-state index in [1.165, 1.54) is 32.7 Å². The number of sulfonamides is 1. The van der Waals surface area contributed by atoms with Gasteiger partial charge in [-0.1, -0.05) is 35.1 Å². The number of anilines is 1. The first-order chi connectivity index (χ1) is 16.8. The summed E-state index contributed by atoms with van der Waals surface area (Å²) in [5.41, 5.74) is 0.994. The SMILES string of the molecule is O=C(C1CCCN(S(=O)(=O)c2ccc(Cl)s2)C1)N(Cc1cccnc1)c1nc2c(F)cccc2s1. The molecular weight excluding hydrogens is 531 g/mol. The molecule has 0 radical (unpaired) electrons. The van der Waals surface area contributed by atoms with Crippen molar-refractivity contribution in [3.05, 3.63) is 70.6 Å². The maximum Gasteiger partial charge on any atom is 0.252 e. The van der Waals surface area contributed by atoms with Crippen LogP contribution in [0.3, 0.4) is 0 Å². The van der Waals surface area contributed by atoms with E-state index in [0.29, 0.717) is 33.6 Å². The molecule has 4 aromatic rings. The fourth-order valence-corrected chi connectivity index (χ4v) is 8.22. The molecule has 1 amide bonds. The van der Waals surface area contributed by atoms with Gasteiger partial charge in [0.15, 0.2) is 5.13 Å². The Kier molecular flexibility index (Phi) is 6.86. The number of fused-ring (bicyclic) bond motifs is 1. The number of piperidine rings is 1. The predicted octanol–water partition coefficient (Wildman–Crippen LogP) is 5.18. The minimum atomic E-state index is -3.76. The Morgan fingerprint density at radius 3 is 2.77 bits per heavy atom. The number of rotatable bonds is 6. The van der Waals surface area contributed by atoms with E-state index in [1.54, 1.807) is 36.7 Å². The van der Waals surface area contributed by atoms with Crippen molar-refractivity contribution in [2.75, 3.05) is 18.0 Å². The van der Waals surface area contributed by atoms with E-state index in [2.05, 4.69) is 9.97 Å². The summed E-state index contributed by atoms with van der Waals surface area (Å²) >= 11 is 8.17. The van der Waals surface area contributed by atoms with Gasteiger partial charge in [0, 0.05) is 25.5 Å². The molecule has 5 rings (SSSR count). The predicted molar refractivity (Wildman–Crippen MR) is 136 cm³/mol. The quantitative estimate of drug-likeness (QED) is 0.330. The lowest BCUT2D eigenvalue weighted by molar-refractivity contribution is -0.123. The number of carbonyl (C=O) groups is 1. The van der Waals surface area contributed by atoms with Crippen molar-refractivity contribution in [1.29, 1.82) is 0 Å². The average Bonchev–Trinajstić information content (AvgIpc) is 3.50. The summed E-state index contributed by atoms with van der Waals surface area (Å²) < 4.78 is 43.2. The number of halogens is 2. The number of hydrogen-bond donors (Lipinski definition) is 0. The lowest BCUT2D eigenvalue weighted by atomic mass is 9.98. The molecule has 1 unspecified atom stereocenters. The van der Waals surface area contributed by atoms with Gasteiger partial charge in [0.25, 0.3) is 10.0 Å². The van der Waals surface area contributed by atoms with Crippen LogP contribution in [0.1, 0.15) is 18.4 Å². The van der Waals surface area contributed by atoms with Gasteiger partial charge in [0.2, 0.25) is 5.91 Å². The van der Waals surface area contributed by atoms with Crippen LogP contribution in [0.2, 0.25) is 4.34 Å². The van der Waals surface area contributed by atoms with Gasteiger partial charge in [-0.2, -0.15) is 4.31 Å². The fraction of sp³-hybridized carbons (Fsp3) is 0.261. The molecule has 0 spiro atoms. The van der Waals surface area contributed by atoms with E-state index in [1.807, 2.05) is 6.07 Å². The Labute approximate surface area is 214 Å². The number of amides is 1. The van der Waals surface area contributed by atoms with Crippen LogP contribution in [0.4, 0.5) is 9.52 Å². The molecule has 0 N–H and O–H groups in total. The van der Waals surface area contributed by atoms with E-state index in [0.717, 1.165) is 16.9 Å². The molecule has 0 bridgehead atoms. The molecule has 1 aliphatic rings. The van der Waals surface area contributed by atoms with E-state index in [4.69, 9.17) is 11.6 Å². The van der Waals surface area contributed by atoms with Crippen LogP contribution in [0.25, 0.3) is 10.2 Å². The number of para-hydroxylation sites is 1. The smallest absolute Gasteiger partial charge is 0.252 e. The van der Waals surface area contributed by atoms with E-state index in [9.17, 15) is 17.6 Å². The minimum absolute atomic E-state index is 0.0550. The van der Waals surface area contributed by atoms with E-state index < -0.39 is 21.8 Å². The van der Waals surface area contributed by atoms with Gasteiger partial charge in [-0.25, -0.2) is 17.8 Å². The van der Waals surface area contributed by atoms with Gasteiger partial charge in [-0.3, -0.25) is 14.7 Å². The first kappa shape index (κ1) is 24.3. The van der Waals surface area contributed by atoms with Crippen molar-refractivity contribution in [3.63, 3.8) is 0 Å². The molecule has 0 saturated carbocycles. The summed E-state index contributed by atoms with van der Waals surface area (Å²) in [5, 5.41) is 0.365. The summed E-state index contributed by atoms with van der Waals surface area (Å²) in [5.74, 6) is -1.27. The Morgan fingerprint density at radius 1 is 1.20 bits per heavy atom. The summed E-state index contributed by atoms with van der Waals surface area (Å²) in [6.07, 6.45) is 4.39. The number of thiazole rings is 1. The minimum Gasteiger partial charge on any atom is -0.283 e. The van der Waals surface area contributed by atoms with E-state index in [-0.39, 0.29) is 28.7 Å². The molecule has 1 fully saturated rings. The number of hydrogen-bond acceptors (Lipinski definition) is 7. The van der Waals surface area contributed by atoms with Crippen molar-refractivity contribution in [2.24, 2.45) is 5.92 Å². The number of pyridine rings is 1. The first-order valence-electron chi connectivity index (χ1n) is 10.8. The zero-order valence-corrected chi connectivity index (χ0v) is 21.5. The molecule has 1 aromatic carbocycles. The molecule has 182 valence electrons.